The summed E-state index contributed by atoms with van der Waals surface area (Å²) >= 11 is 0. The number of aryl methyl sites for hydroxylation is 1. The van der Waals surface area contributed by atoms with Crippen molar-refractivity contribution in [3.63, 3.8) is 0 Å². The number of nitrogens with zero attached hydrogens (tertiary/aromatic N) is 3. The molecule has 132 valence electrons. The van der Waals surface area contributed by atoms with Crippen molar-refractivity contribution in [1.82, 2.24) is 15.1 Å². The second kappa shape index (κ2) is 6.82. The van der Waals surface area contributed by atoms with Gasteiger partial charge >= 0.3 is 0 Å². The first kappa shape index (κ1) is 16.1. The highest BCUT2D eigenvalue weighted by Crippen LogP contribution is 2.43. The smallest absolute Gasteiger partial charge is 0.246 e. The SMILES string of the molecule is Cc1nnc([C@@H]2CN(C(=O)[C@@H]3CC[C@H]4CCCC[C@H]4C3)CCO2)o1. The minimum absolute atomic E-state index is 0.201. The molecule has 0 aromatic carbocycles. The van der Waals surface area contributed by atoms with Crippen molar-refractivity contribution in [3.8, 4) is 0 Å². The van der Waals surface area contributed by atoms with Gasteiger partial charge in [0.05, 0.1) is 13.2 Å². The van der Waals surface area contributed by atoms with Gasteiger partial charge in [0.1, 0.15) is 0 Å². The second-order valence-electron chi connectivity index (χ2n) is 7.62. The number of carbonyl (C=O) groups excluding carboxylic acids is 1. The number of aromatic nitrogens is 2. The van der Waals surface area contributed by atoms with Crippen LogP contribution in [0.5, 0.6) is 0 Å². The Morgan fingerprint density at radius 3 is 2.75 bits per heavy atom. The number of rotatable bonds is 2. The number of ether oxygens (including phenoxy) is 1. The van der Waals surface area contributed by atoms with Crippen LogP contribution in [-0.2, 0) is 9.53 Å². The zero-order chi connectivity index (χ0) is 16.5. The van der Waals surface area contributed by atoms with E-state index in [-0.39, 0.29) is 12.0 Å². The monoisotopic (exact) mass is 333 g/mol. The third-order valence-electron chi connectivity index (χ3n) is 6.08. The van der Waals surface area contributed by atoms with Crippen LogP contribution in [-0.4, -0.2) is 40.7 Å². The number of carbonyl (C=O) groups is 1. The van der Waals surface area contributed by atoms with Crippen LogP contribution in [0.25, 0.3) is 0 Å². The molecule has 1 aromatic rings. The van der Waals surface area contributed by atoms with E-state index in [1.807, 2.05) is 4.90 Å². The average molecular weight is 333 g/mol. The minimum atomic E-state index is -0.282. The van der Waals surface area contributed by atoms with Crippen molar-refractivity contribution in [3.05, 3.63) is 11.8 Å². The van der Waals surface area contributed by atoms with E-state index in [0.717, 1.165) is 24.7 Å². The molecule has 3 aliphatic rings. The van der Waals surface area contributed by atoms with Gasteiger partial charge in [-0.1, -0.05) is 25.7 Å². The molecule has 0 bridgehead atoms. The number of hydrogen-bond acceptors (Lipinski definition) is 5. The molecule has 4 atom stereocenters. The zero-order valence-corrected chi connectivity index (χ0v) is 14.4. The number of amides is 1. The van der Waals surface area contributed by atoms with Crippen molar-refractivity contribution in [2.75, 3.05) is 19.7 Å². The Morgan fingerprint density at radius 2 is 1.96 bits per heavy atom. The molecule has 1 saturated heterocycles. The van der Waals surface area contributed by atoms with Gasteiger partial charge in [-0.05, 0) is 31.1 Å². The molecule has 3 fully saturated rings. The first-order valence-electron chi connectivity index (χ1n) is 9.41. The second-order valence-corrected chi connectivity index (χ2v) is 7.62. The van der Waals surface area contributed by atoms with E-state index in [4.69, 9.17) is 9.15 Å². The first-order chi connectivity index (χ1) is 11.7. The number of hydrogen-bond donors (Lipinski definition) is 0. The molecule has 2 aliphatic carbocycles. The summed E-state index contributed by atoms with van der Waals surface area (Å²) in [5, 5.41) is 7.92. The van der Waals surface area contributed by atoms with Gasteiger partial charge in [-0.25, -0.2) is 0 Å². The lowest BCUT2D eigenvalue weighted by atomic mass is 9.67. The van der Waals surface area contributed by atoms with Crippen LogP contribution in [0.2, 0.25) is 0 Å². The fraction of sp³-hybridized carbons (Fsp3) is 0.833. The summed E-state index contributed by atoms with van der Waals surface area (Å²) in [7, 11) is 0. The van der Waals surface area contributed by atoms with Crippen molar-refractivity contribution >= 4 is 5.91 Å². The van der Waals surface area contributed by atoms with E-state index in [2.05, 4.69) is 10.2 Å². The quantitative estimate of drug-likeness (QED) is 0.832. The molecule has 4 rings (SSSR count). The molecule has 1 aromatic heterocycles. The van der Waals surface area contributed by atoms with Gasteiger partial charge in [0, 0.05) is 19.4 Å². The summed E-state index contributed by atoms with van der Waals surface area (Å²) in [6, 6.07) is 0. The van der Waals surface area contributed by atoms with Gasteiger partial charge in [0.15, 0.2) is 6.10 Å². The van der Waals surface area contributed by atoms with Gasteiger partial charge in [0.2, 0.25) is 17.7 Å². The fourth-order valence-corrected chi connectivity index (χ4v) is 4.80. The Balaban J connectivity index is 1.38. The van der Waals surface area contributed by atoms with Gasteiger partial charge in [-0.3, -0.25) is 4.79 Å². The largest absolute Gasteiger partial charge is 0.423 e. The Labute approximate surface area is 142 Å². The van der Waals surface area contributed by atoms with E-state index >= 15 is 0 Å². The van der Waals surface area contributed by atoms with Crippen molar-refractivity contribution in [1.29, 1.82) is 0 Å². The first-order valence-corrected chi connectivity index (χ1v) is 9.41. The standard InChI is InChI=1S/C18H27N3O3/c1-12-19-20-17(24-12)16-11-21(8-9-23-16)18(22)15-7-6-13-4-2-3-5-14(13)10-15/h13-16H,2-11H2,1H3/t13-,14+,15-,16+/m1/s1. The predicted molar refractivity (Wildman–Crippen MR) is 87.1 cm³/mol. The number of fused-ring (bicyclic) bond motifs is 1. The van der Waals surface area contributed by atoms with Gasteiger partial charge < -0.3 is 14.1 Å². The third-order valence-corrected chi connectivity index (χ3v) is 6.08. The fourth-order valence-electron chi connectivity index (χ4n) is 4.80. The van der Waals surface area contributed by atoms with E-state index in [1.54, 1.807) is 6.92 Å². The lowest BCUT2D eigenvalue weighted by Crippen LogP contribution is -2.46. The highest BCUT2D eigenvalue weighted by Gasteiger charge is 2.38. The molecule has 0 N–H and O–H groups in total. The molecular formula is C18H27N3O3. The van der Waals surface area contributed by atoms with E-state index in [1.165, 1.54) is 32.1 Å². The highest BCUT2D eigenvalue weighted by molar-refractivity contribution is 5.79. The maximum Gasteiger partial charge on any atom is 0.246 e. The molecule has 2 heterocycles. The Bertz CT molecular complexity index is 588. The number of morpholine rings is 1. The van der Waals surface area contributed by atoms with Crippen LogP contribution in [0.3, 0.4) is 0 Å². The molecule has 6 heteroatoms. The molecule has 0 radical (unpaired) electrons. The third kappa shape index (κ3) is 3.21. The maximum atomic E-state index is 13.0. The lowest BCUT2D eigenvalue weighted by Gasteiger charge is -2.41. The van der Waals surface area contributed by atoms with Crippen molar-refractivity contribution < 1.29 is 13.9 Å². The van der Waals surface area contributed by atoms with Crippen LogP contribution in [0, 0.1) is 24.7 Å². The van der Waals surface area contributed by atoms with E-state index in [9.17, 15) is 4.79 Å². The molecule has 24 heavy (non-hydrogen) atoms. The van der Waals surface area contributed by atoms with Crippen LogP contribution < -0.4 is 0 Å². The predicted octanol–water partition coefficient (Wildman–Crippen LogP) is 2.88. The maximum absolute atomic E-state index is 13.0. The van der Waals surface area contributed by atoms with Gasteiger partial charge in [-0.15, -0.1) is 10.2 Å². The van der Waals surface area contributed by atoms with Crippen LogP contribution in [0.15, 0.2) is 4.42 Å². The van der Waals surface area contributed by atoms with E-state index in [0.29, 0.717) is 37.4 Å². The van der Waals surface area contributed by atoms with Crippen molar-refractivity contribution in [2.24, 2.45) is 17.8 Å². The highest BCUT2D eigenvalue weighted by atomic mass is 16.5. The summed E-state index contributed by atoms with van der Waals surface area (Å²) < 4.78 is 11.2. The molecule has 1 aliphatic heterocycles. The summed E-state index contributed by atoms with van der Waals surface area (Å²) in [4.78, 5) is 15.0. The zero-order valence-electron chi connectivity index (χ0n) is 14.4. The molecule has 1 amide bonds. The molecule has 6 nitrogen and oxygen atoms in total. The topological polar surface area (TPSA) is 68.5 Å². The van der Waals surface area contributed by atoms with Crippen LogP contribution in [0.4, 0.5) is 0 Å². The molecule has 0 spiro atoms. The normalized spacial score (nSPS) is 34.0. The van der Waals surface area contributed by atoms with Crippen LogP contribution in [0.1, 0.15) is 62.8 Å². The Kier molecular flexibility index (Phi) is 4.57. The summed E-state index contributed by atoms with van der Waals surface area (Å²) in [6.07, 6.45) is 8.52. The summed E-state index contributed by atoms with van der Waals surface area (Å²) in [5.74, 6) is 3.18. The van der Waals surface area contributed by atoms with E-state index < -0.39 is 0 Å². The van der Waals surface area contributed by atoms with Gasteiger partial charge in [-0.2, -0.15) is 0 Å². The molecular weight excluding hydrogens is 306 g/mol. The summed E-state index contributed by atoms with van der Waals surface area (Å²) in [5.41, 5.74) is 0. The Hall–Kier alpha value is -1.43. The van der Waals surface area contributed by atoms with Crippen LogP contribution >= 0.6 is 0 Å². The molecule has 0 unspecified atom stereocenters. The van der Waals surface area contributed by atoms with Gasteiger partial charge in [0.25, 0.3) is 0 Å². The Morgan fingerprint density at radius 1 is 1.12 bits per heavy atom. The summed E-state index contributed by atoms with van der Waals surface area (Å²) in [6.45, 7) is 3.51. The average Bonchev–Trinajstić information content (AvgIpc) is 3.07. The van der Waals surface area contributed by atoms with Crippen molar-refractivity contribution in [2.45, 2.75) is 58.0 Å². The lowest BCUT2D eigenvalue weighted by molar-refractivity contribution is -0.146. The molecule has 2 saturated carbocycles. The minimum Gasteiger partial charge on any atom is -0.423 e.